The maximum absolute atomic E-state index is 10.5. The molecule has 2 aliphatic rings. The van der Waals surface area contributed by atoms with E-state index in [1.807, 2.05) is 0 Å². The zero-order valence-electron chi connectivity index (χ0n) is 39.9. The van der Waals surface area contributed by atoms with Gasteiger partial charge in [-0.25, -0.2) is 9.59 Å². The molecule has 0 radical (unpaired) electrons. The van der Waals surface area contributed by atoms with Crippen molar-refractivity contribution in [1.82, 2.24) is 0 Å². The molecule has 2 aliphatic heterocycles. The van der Waals surface area contributed by atoms with Crippen molar-refractivity contribution in [3.8, 4) is 0 Å². The molecule has 8 N–H and O–H groups in total. The van der Waals surface area contributed by atoms with Gasteiger partial charge >= 0.3 is 35.0 Å². The van der Waals surface area contributed by atoms with E-state index in [-0.39, 0.29) is 35.9 Å². The summed E-state index contributed by atoms with van der Waals surface area (Å²) in [5.74, 6) is -7.36. The second-order valence-corrected chi connectivity index (χ2v) is 16.8. The van der Waals surface area contributed by atoms with Gasteiger partial charge in [0.15, 0.2) is 23.7 Å². The summed E-state index contributed by atoms with van der Waals surface area (Å²) in [5, 5.41) is 90.5. The largest absolute Gasteiger partial charge is 2.00 e. The molecule has 65 heavy (non-hydrogen) atoms. The van der Waals surface area contributed by atoms with Crippen LogP contribution in [-0.2, 0) is 28.7 Å². The first kappa shape index (κ1) is 66.4. The van der Waals surface area contributed by atoms with Gasteiger partial charge in [0.2, 0.25) is 11.5 Å². The zero-order valence-corrected chi connectivity index (χ0v) is 41.3. The van der Waals surface area contributed by atoms with E-state index >= 15 is 0 Å². The Morgan fingerprint density at radius 2 is 0.646 bits per heavy atom. The topological polar surface area (TPSA) is 295 Å². The molecule has 2 rings (SSSR count). The Bertz CT molecular complexity index is 1170. The van der Waals surface area contributed by atoms with Crippen molar-refractivity contribution >= 4 is 46.9 Å². The molecule has 0 unspecified atom stereocenters. The first-order chi connectivity index (χ1) is 30.7. The number of carbonyl (C=O) groups excluding carboxylic acids is 4. The van der Waals surface area contributed by atoms with E-state index in [4.69, 9.17) is 40.9 Å². The van der Waals surface area contributed by atoms with Crippen LogP contribution in [0.15, 0.2) is 23.0 Å². The summed E-state index contributed by atoms with van der Waals surface area (Å²) in [5.41, 5.74) is 0. The number of aliphatic hydroxyl groups excluding tert-OH is 8. The first-order valence-corrected chi connectivity index (χ1v) is 24.3. The number of cyclic esters (lactones) is 2. The molecule has 0 aromatic heterocycles. The van der Waals surface area contributed by atoms with E-state index in [9.17, 15) is 29.4 Å². The zero-order chi connectivity index (χ0) is 48.4. The van der Waals surface area contributed by atoms with Crippen LogP contribution >= 0.6 is 0 Å². The minimum atomic E-state index is -1.42. The average molecular weight is 944 g/mol. The molecule has 0 saturated carbocycles. The van der Waals surface area contributed by atoms with Gasteiger partial charge in [-0.05, 0) is 25.7 Å². The second kappa shape index (κ2) is 46.3. The quantitative estimate of drug-likeness (QED) is 0.0182. The van der Waals surface area contributed by atoms with Crippen LogP contribution < -0.4 is 10.2 Å². The van der Waals surface area contributed by atoms with Gasteiger partial charge in [-0.1, -0.05) is 194 Å². The van der Waals surface area contributed by atoms with Gasteiger partial charge in [-0.15, -0.1) is 0 Å². The molecule has 0 aliphatic carbocycles. The van der Waals surface area contributed by atoms with Crippen molar-refractivity contribution in [3.63, 3.8) is 0 Å². The molecule has 0 aromatic carbocycles. The maximum atomic E-state index is 10.5. The molecule has 17 heteroatoms. The molecule has 0 amide bonds. The number of unbranched alkanes of at least 4 members (excludes halogenated alkanes) is 28. The molecule has 0 spiro atoms. The molecule has 0 aromatic rings. The van der Waals surface area contributed by atoms with Crippen LogP contribution in [0.2, 0.25) is 0 Å². The maximum Gasteiger partial charge on any atom is 2.00 e. The summed E-state index contributed by atoms with van der Waals surface area (Å²) < 4.78 is 8.63. The summed E-state index contributed by atoms with van der Waals surface area (Å²) in [4.78, 5) is 41.5. The van der Waals surface area contributed by atoms with Crippen LogP contribution in [0.4, 0.5) is 0 Å². The van der Waals surface area contributed by atoms with Crippen molar-refractivity contribution in [1.29, 1.82) is 0 Å². The Morgan fingerprint density at radius 3 is 0.800 bits per heavy atom. The van der Waals surface area contributed by atoms with Crippen LogP contribution in [0.3, 0.4) is 0 Å². The molecule has 0 bridgehead atoms. The van der Waals surface area contributed by atoms with Gasteiger partial charge in [-0.2, -0.15) is 0 Å². The second-order valence-electron chi connectivity index (χ2n) is 16.8. The Hall–Kier alpha value is -2.83. The van der Waals surface area contributed by atoms with Crippen LogP contribution in [0.5, 0.6) is 0 Å². The van der Waals surface area contributed by atoms with Crippen molar-refractivity contribution in [3.05, 3.63) is 23.0 Å². The van der Waals surface area contributed by atoms with Gasteiger partial charge in [0, 0.05) is 11.9 Å². The Balaban J connectivity index is -0.000000804. The van der Waals surface area contributed by atoms with Crippen molar-refractivity contribution in [2.75, 3.05) is 13.2 Å². The Kier molecular flexibility index (Phi) is 47.3. The van der Waals surface area contributed by atoms with Crippen molar-refractivity contribution < 1.29 is 79.7 Å². The summed E-state index contributed by atoms with van der Waals surface area (Å²) in [6.07, 6.45) is 34.2. The van der Waals surface area contributed by atoms with Crippen LogP contribution in [-0.4, -0.2) is 125 Å². The Morgan fingerprint density at radius 1 is 0.446 bits per heavy atom. The number of rotatable bonds is 36. The molecular weight excluding hydrogens is 857 g/mol. The summed E-state index contributed by atoms with van der Waals surface area (Å²) in [6, 6.07) is 0. The number of hydrogen-bond donors (Lipinski definition) is 8. The van der Waals surface area contributed by atoms with Crippen LogP contribution in [0, 0.1) is 0 Å². The van der Waals surface area contributed by atoms with Gasteiger partial charge in [0.1, 0.15) is 12.2 Å². The molecule has 376 valence electrons. The number of carboxylic acid groups (broad SMARTS) is 2. The van der Waals surface area contributed by atoms with E-state index in [1.54, 1.807) is 0 Å². The van der Waals surface area contributed by atoms with E-state index in [0.717, 1.165) is 25.7 Å². The first-order valence-electron chi connectivity index (χ1n) is 24.3. The smallest absolute Gasteiger partial charge is 0.550 e. The number of esters is 2. The summed E-state index contributed by atoms with van der Waals surface area (Å²) in [6.45, 7) is 3.19. The van der Waals surface area contributed by atoms with E-state index in [1.165, 1.54) is 167 Å². The third-order valence-corrected chi connectivity index (χ3v) is 10.9. The predicted molar refractivity (Wildman–Crippen MR) is 245 cm³/mol. The van der Waals surface area contributed by atoms with E-state index in [2.05, 4.69) is 23.3 Å². The molecular formula is C48H86MgO16. The molecule has 0 fully saturated rings. The standard InChI is InChI=1S/2C18H36O2.2C6H8O6.Mg/c2*1-2-3-4-5-6-7-8-9-10-11-12-13-14-15-16-17-18(19)20;2*7-1-2(8)5-3(9)4(10)6(11)12-5;/h2*2-17H2,1H3,(H,19,20);2*2,5,7-10H,1H2;/q;;;;+2/p-2/t;;2*2-,5+;/m..00./s1. The predicted octanol–water partition coefficient (Wildman–Crippen LogP) is 6.80. The minimum absolute atomic E-state index is 0. The third kappa shape index (κ3) is 37.9. The molecule has 0 saturated heterocycles. The fraction of sp³-hybridized carbons (Fsp3) is 0.833. The summed E-state index contributed by atoms with van der Waals surface area (Å²) in [7, 11) is 0. The van der Waals surface area contributed by atoms with Crippen LogP contribution in [0.1, 0.15) is 219 Å². The number of carbonyl (C=O) groups is 4. The third-order valence-electron chi connectivity index (χ3n) is 10.9. The number of aliphatic carboxylic acids is 2. The number of hydrogen-bond acceptors (Lipinski definition) is 16. The van der Waals surface area contributed by atoms with Crippen LogP contribution in [0.25, 0.3) is 0 Å². The molecule has 4 atom stereocenters. The molecule has 16 nitrogen and oxygen atoms in total. The van der Waals surface area contributed by atoms with Gasteiger partial charge in [-0.3, -0.25) is 0 Å². The van der Waals surface area contributed by atoms with Gasteiger partial charge < -0.3 is 70.1 Å². The molecule has 2 heterocycles. The monoisotopic (exact) mass is 943 g/mol. The van der Waals surface area contributed by atoms with Gasteiger partial charge in [0.25, 0.3) is 0 Å². The van der Waals surface area contributed by atoms with E-state index < -0.39 is 84.5 Å². The normalized spacial score (nSPS) is 16.2. The fourth-order valence-corrected chi connectivity index (χ4v) is 6.93. The summed E-state index contributed by atoms with van der Waals surface area (Å²) >= 11 is 0. The van der Waals surface area contributed by atoms with Crippen molar-refractivity contribution in [2.24, 2.45) is 0 Å². The SMILES string of the molecule is CCCCCCCCCCCCCCCCCC(=O)[O-].CCCCCCCCCCCCCCCCCC(=O)[O-].O=C1O[C@H]([C@@H](O)CO)C(O)=C1O.O=C1O[C@H]([C@@H](O)CO)C(O)=C1O.[Mg+2]. The van der Waals surface area contributed by atoms with E-state index in [0.29, 0.717) is 0 Å². The fourth-order valence-electron chi connectivity index (χ4n) is 6.93. The average Bonchev–Trinajstić information content (AvgIpc) is 3.69. The number of carboxylic acids is 2. The Labute approximate surface area is 405 Å². The number of aliphatic hydroxyl groups is 8. The minimum Gasteiger partial charge on any atom is -0.550 e. The van der Waals surface area contributed by atoms with Gasteiger partial charge in [0.05, 0.1) is 13.2 Å². The van der Waals surface area contributed by atoms with Crippen molar-refractivity contribution in [2.45, 2.75) is 244 Å². The number of ether oxygens (including phenoxy) is 2.